The molecule has 4 heteroatoms. The minimum Gasteiger partial charge on any atom is -0.457 e. The molecule has 1 heterocycles. The summed E-state index contributed by atoms with van der Waals surface area (Å²) in [6.07, 6.45) is 2.21. The maximum absolute atomic E-state index is 13.9. The fraction of sp³-hybridized carbons (Fsp3) is 0.278. The van der Waals surface area contributed by atoms with Gasteiger partial charge in [0.15, 0.2) is 5.78 Å². The number of ether oxygens (including phenoxy) is 1. The van der Waals surface area contributed by atoms with Crippen LogP contribution >= 0.6 is 0 Å². The summed E-state index contributed by atoms with van der Waals surface area (Å²) >= 11 is 0. The van der Waals surface area contributed by atoms with E-state index in [9.17, 15) is 9.18 Å². The SMILES string of the molecule is O=C(CN1CCCC1)c1cc(Oc2ccccc2)ccc1F. The zero-order valence-electron chi connectivity index (χ0n) is 12.3. The van der Waals surface area contributed by atoms with Gasteiger partial charge in [-0.1, -0.05) is 18.2 Å². The van der Waals surface area contributed by atoms with E-state index in [1.807, 2.05) is 30.3 Å². The number of ketones is 1. The Morgan fingerprint density at radius 2 is 1.77 bits per heavy atom. The summed E-state index contributed by atoms with van der Waals surface area (Å²) in [7, 11) is 0. The van der Waals surface area contributed by atoms with E-state index in [0.29, 0.717) is 11.5 Å². The van der Waals surface area contributed by atoms with Crippen molar-refractivity contribution in [2.75, 3.05) is 19.6 Å². The monoisotopic (exact) mass is 299 g/mol. The summed E-state index contributed by atoms with van der Waals surface area (Å²) in [4.78, 5) is 14.4. The van der Waals surface area contributed by atoms with E-state index < -0.39 is 5.82 Å². The van der Waals surface area contributed by atoms with Gasteiger partial charge in [-0.05, 0) is 56.3 Å². The van der Waals surface area contributed by atoms with Crippen LogP contribution in [0.4, 0.5) is 4.39 Å². The zero-order chi connectivity index (χ0) is 15.4. The first kappa shape index (κ1) is 14.7. The van der Waals surface area contributed by atoms with Gasteiger partial charge in [-0.2, -0.15) is 0 Å². The van der Waals surface area contributed by atoms with Gasteiger partial charge in [-0.15, -0.1) is 0 Å². The molecule has 0 radical (unpaired) electrons. The zero-order valence-corrected chi connectivity index (χ0v) is 12.3. The molecule has 22 heavy (non-hydrogen) atoms. The summed E-state index contributed by atoms with van der Waals surface area (Å²) in [6.45, 7) is 2.09. The summed E-state index contributed by atoms with van der Waals surface area (Å²) in [5.41, 5.74) is 0.0975. The van der Waals surface area contributed by atoms with Gasteiger partial charge in [0.1, 0.15) is 17.3 Å². The molecular weight excluding hydrogens is 281 g/mol. The van der Waals surface area contributed by atoms with Crippen LogP contribution in [-0.4, -0.2) is 30.3 Å². The molecule has 0 saturated carbocycles. The lowest BCUT2D eigenvalue weighted by atomic mass is 10.1. The van der Waals surface area contributed by atoms with Crippen molar-refractivity contribution in [1.29, 1.82) is 0 Å². The Bertz CT molecular complexity index is 651. The highest BCUT2D eigenvalue weighted by molar-refractivity contribution is 5.98. The van der Waals surface area contributed by atoms with Crippen molar-refractivity contribution in [1.82, 2.24) is 4.90 Å². The van der Waals surface area contributed by atoms with E-state index in [-0.39, 0.29) is 17.9 Å². The number of benzene rings is 2. The Morgan fingerprint density at radius 3 is 2.50 bits per heavy atom. The number of hydrogen-bond acceptors (Lipinski definition) is 3. The first-order valence-electron chi connectivity index (χ1n) is 7.50. The van der Waals surface area contributed by atoms with Crippen LogP contribution < -0.4 is 4.74 Å². The summed E-state index contributed by atoms with van der Waals surface area (Å²) in [6, 6.07) is 13.6. The number of para-hydroxylation sites is 1. The highest BCUT2D eigenvalue weighted by Gasteiger charge is 2.19. The standard InChI is InChI=1S/C18H18FNO2/c19-17-9-8-15(22-14-6-2-1-3-7-14)12-16(17)18(21)13-20-10-4-5-11-20/h1-3,6-9,12H,4-5,10-11,13H2. The number of nitrogens with zero attached hydrogens (tertiary/aromatic N) is 1. The Kier molecular flexibility index (Phi) is 4.49. The van der Waals surface area contributed by atoms with Gasteiger partial charge in [-0.25, -0.2) is 4.39 Å². The Balaban J connectivity index is 1.75. The molecular formula is C18H18FNO2. The molecule has 0 unspecified atom stereocenters. The van der Waals surface area contributed by atoms with Crippen LogP contribution in [0.1, 0.15) is 23.2 Å². The van der Waals surface area contributed by atoms with Crippen molar-refractivity contribution in [3.63, 3.8) is 0 Å². The largest absolute Gasteiger partial charge is 0.457 e. The molecule has 0 atom stereocenters. The van der Waals surface area contributed by atoms with Gasteiger partial charge in [0.05, 0.1) is 12.1 Å². The maximum atomic E-state index is 13.9. The fourth-order valence-corrected chi connectivity index (χ4v) is 2.64. The van der Waals surface area contributed by atoms with Crippen LogP contribution in [0.2, 0.25) is 0 Å². The van der Waals surface area contributed by atoms with Crippen molar-refractivity contribution in [3.05, 3.63) is 59.9 Å². The number of Topliss-reactive ketones (excluding diaryl/α,β-unsaturated/α-hetero) is 1. The van der Waals surface area contributed by atoms with E-state index >= 15 is 0 Å². The third-order valence-electron chi connectivity index (χ3n) is 3.78. The van der Waals surface area contributed by atoms with E-state index in [4.69, 9.17) is 4.74 Å². The number of hydrogen-bond donors (Lipinski definition) is 0. The first-order chi connectivity index (χ1) is 10.7. The molecule has 0 amide bonds. The van der Waals surface area contributed by atoms with Crippen LogP contribution in [0.15, 0.2) is 48.5 Å². The first-order valence-corrected chi connectivity index (χ1v) is 7.50. The average Bonchev–Trinajstić information content (AvgIpc) is 3.03. The van der Waals surface area contributed by atoms with Gasteiger partial charge in [0, 0.05) is 0 Å². The molecule has 0 N–H and O–H groups in total. The predicted molar refractivity (Wildman–Crippen MR) is 82.9 cm³/mol. The molecule has 1 aliphatic rings. The molecule has 0 bridgehead atoms. The van der Waals surface area contributed by atoms with Crippen molar-refractivity contribution in [3.8, 4) is 11.5 Å². The minimum absolute atomic E-state index is 0.0975. The van der Waals surface area contributed by atoms with Gasteiger partial charge < -0.3 is 4.74 Å². The molecule has 0 spiro atoms. The highest BCUT2D eigenvalue weighted by atomic mass is 19.1. The van der Waals surface area contributed by atoms with Crippen molar-refractivity contribution >= 4 is 5.78 Å². The molecule has 114 valence electrons. The van der Waals surface area contributed by atoms with Crippen LogP contribution in [0.5, 0.6) is 11.5 Å². The quantitative estimate of drug-likeness (QED) is 0.784. The topological polar surface area (TPSA) is 29.5 Å². The second kappa shape index (κ2) is 6.71. The van der Waals surface area contributed by atoms with Crippen LogP contribution in [0, 0.1) is 5.82 Å². The molecule has 1 saturated heterocycles. The molecule has 1 fully saturated rings. The smallest absolute Gasteiger partial charge is 0.179 e. The van der Waals surface area contributed by atoms with Crippen LogP contribution in [-0.2, 0) is 0 Å². The number of halogens is 1. The molecule has 0 aliphatic carbocycles. The second-order valence-corrected chi connectivity index (χ2v) is 5.46. The Morgan fingerprint density at radius 1 is 1.05 bits per heavy atom. The van der Waals surface area contributed by atoms with Gasteiger partial charge in [0.25, 0.3) is 0 Å². The van der Waals surface area contributed by atoms with E-state index in [0.717, 1.165) is 25.9 Å². The van der Waals surface area contributed by atoms with Crippen molar-refractivity contribution in [2.45, 2.75) is 12.8 Å². The molecule has 2 aromatic rings. The van der Waals surface area contributed by atoms with Crippen molar-refractivity contribution < 1.29 is 13.9 Å². The van der Waals surface area contributed by atoms with Crippen molar-refractivity contribution in [2.24, 2.45) is 0 Å². The normalized spacial score (nSPS) is 15.0. The summed E-state index contributed by atoms with van der Waals surface area (Å²) in [5.74, 6) is 0.437. The van der Waals surface area contributed by atoms with Gasteiger partial charge in [0.2, 0.25) is 0 Å². The summed E-state index contributed by atoms with van der Waals surface area (Å²) in [5, 5.41) is 0. The number of carbonyl (C=O) groups excluding carboxylic acids is 1. The van der Waals surface area contributed by atoms with E-state index in [1.165, 1.54) is 18.2 Å². The van der Waals surface area contributed by atoms with Gasteiger partial charge >= 0.3 is 0 Å². The Labute approximate surface area is 129 Å². The lowest BCUT2D eigenvalue weighted by molar-refractivity contribution is 0.0941. The second-order valence-electron chi connectivity index (χ2n) is 5.46. The highest BCUT2D eigenvalue weighted by Crippen LogP contribution is 2.24. The molecule has 0 aromatic heterocycles. The van der Waals surface area contributed by atoms with Crippen LogP contribution in [0.25, 0.3) is 0 Å². The lowest BCUT2D eigenvalue weighted by Gasteiger charge is -2.14. The van der Waals surface area contributed by atoms with Crippen LogP contribution in [0.3, 0.4) is 0 Å². The summed E-state index contributed by atoms with van der Waals surface area (Å²) < 4.78 is 19.6. The maximum Gasteiger partial charge on any atom is 0.179 e. The number of likely N-dealkylation sites (tertiary alicyclic amines) is 1. The molecule has 3 nitrogen and oxygen atoms in total. The van der Waals surface area contributed by atoms with E-state index in [2.05, 4.69) is 4.90 Å². The third-order valence-corrected chi connectivity index (χ3v) is 3.78. The van der Waals surface area contributed by atoms with E-state index in [1.54, 1.807) is 0 Å². The fourth-order valence-electron chi connectivity index (χ4n) is 2.64. The minimum atomic E-state index is -0.496. The molecule has 1 aliphatic heterocycles. The van der Waals surface area contributed by atoms with Gasteiger partial charge in [-0.3, -0.25) is 9.69 Å². The predicted octanol–water partition coefficient (Wildman–Crippen LogP) is 3.90. The third kappa shape index (κ3) is 3.52. The molecule has 2 aromatic carbocycles. The number of carbonyl (C=O) groups is 1. The average molecular weight is 299 g/mol. The lowest BCUT2D eigenvalue weighted by Crippen LogP contribution is -2.27. The number of rotatable bonds is 5. The Hall–Kier alpha value is -2.20. The molecule has 3 rings (SSSR count).